The van der Waals surface area contributed by atoms with Gasteiger partial charge in [0.15, 0.2) is 0 Å². The van der Waals surface area contributed by atoms with E-state index in [1.807, 2.05) is 18.2 Å². The first kappa shape index (κ1) is 20.9. The van der Waals surface area contributed by atoms with Gasteiger partial charge in [-0.25, -0.2) is 0 Å². The fraction of sp³-hybridized carbons (Fsp3) is 0.375. The molecule has 7 nitrogen and oxygen atoms in total. The molecule has 3 amide bonds. The maximum Gasteiger partial charge on any atom is 0.251 e. The zero-order valence-electron chi connectivity index (χ0n) is 17.5. The zero-order chi connectivity index (χ0) is 21.6. The second kappa shape index (κ2) is 9.64. The first-order chi connectivity index (χ1) is 15.1. The Kier molecular flexibility index (Phi) is 6.50. The van der Waals surface area contributed by atoms with E-state index in [0.29, 0.717) is 18.5 Å². The lowest BCUT2D eigenvalue weighted by Crippen LogP contribution is -2.50. The minimum absolute atomic E-state index is 0.0625. The van der Waals surface area contributed by atoms with Crippen molar-refractivity contribution < 1.29 is 14.4 Å². The molecule has 0 spiro atoms. The molecule has 162 valence electrons. The number of rotatable bonds is 6. The van der Waals surface area contributed by atoms with E-state index in [9.17, 15) is 14.4 Å². The van der Waals surface area contributed by atoms with Crippen molar-refractivity contribution in [2.45, 2.75) is 31.7 Å². The van der Waals surface area contributed by atoms with Crippen LogP contribution in [0.4, 0.5) is 11.4 Å². The fourth-order valence-electron chi connectivity index (χ4n) is 4.22. The van der Waals surface area contributed by atoms with E-state index in [1.54, 1.807) is 29.2 Å². The predicted octanol–water partition coefficient (Wildman–Crippen LogP) is 2.33. The summed E-state index contributed by atoms with van der Waals surface area (Å²) in [5, 5.41) is 5.72. The first-order valence-corrected chi connectivity index (χ1v) is 10.9. The SMILES string of the molecule is O=C(CNC(=O)c1ccc(N2CCCC2=O)cc1)NC1CCCN(c2ccccc2)C1. The summed E-state index contributed by atoms with van der Waals surface area (Å²) >= 11 is 0. The van der Waals surface area contributed by atoms with Gasteiger partial charge in [0.05, 0.1) is 6.54 Å². The molecule has 1 unspecified atom stereocenters. The summed E-state index contributed by atoms with van der Waals surface area (Å²) in [4.78, 5) is 40.6. The fourth-order valence-corrected chi connectivity index (χ4v) is 4.22. The van der Waals surface area contributed by atoms with Gasteiger partial charge in [0, 0.05) is 49.0 Å². The van der Waals surface area contributed by atoms with Crippen molar-refractivity contribution in [3.63, 3.8) is 0 Å². The van der Waals surface area contributed by atoms with Gasteiger partial charge in [-0.2, -0.15) is 0 Å². The molecule has 4 rings (SSSR count). The van der Waals surface area contributed by atoms with Crippen molar-refractivity contribution in [3.05, 3.63) is 60.2 Å². The van der Waals surface area contributed by atoms with Crippen LogP contribution in [0.25, 0.3) is 0 Å². The minimum atomic E-state index is -0.302. The van der Waals surface area contributed by atoms with Crippen molar-refractivity contribution >= 4 is 29.1 Å². The number of amides is 3. The van der Waals surface area contributed by atoms with Crippen molar-refractivity contribution in [2.24, 2.45) is 0 Å². The Balaban J connectivity index is 1.24. The second-order valence-corrected chi connectivity index (χ2v) is 8.07. The van der Waals surface area contributed by atoms with Crippen molar-refractivity contribution in [2.75, 3.05) is 36.0 Å². The van der Waals surface area contributed by atoms with Gasteiger partial charge in [-0.15, -0.1) is 0 Å². The van der Waals surface area contributed by atoms with Gasteiger partial charge in [-0.1, -0.05) is 18.2 Å². The maximum absolute atomic E-state index is 12.4. The summed E-state index contributed by atoms with van der Waals surface area (Å²) in [5.74, 6) is -0.376. The number of nitrogens with zero attached hydrogens (tertiary/aromatic N) is 2. The molecule has 0 saturated carbocycles. The van der Waals surface area contributed by atoms with Crippen LogP contribution in [0.1, 0.15) is 36.0 Å². The Bertz CT molecular complexity index is 930. The third kappa shape index (κ3) is 5.23. The Morgan fingerprint density at radius 3 is 2.42 bits per heavy atom. The highest BCUT2D eigenvalue weighted by Gasteiger charge is 2.23. The van der Waals surface area contributed by atoms with Crippen molar-refractivity contribution in [1.82, 2.24) is 10.6 Å². The molecule has 2 fully saturated rings. The third-order valence-corrected chi connectivity index (χ3v) is 5.83. The average Bonchev–Trinajstić information content (AvgIpc) is 3.24. The van der Waals surface area contributed by atoms with Gasteiger partial charge in [-0.05, 0) is 55.7 Å². The first-order valence-electron chi connectivity index (χ1n) is 10.9. The second-order valence-electron chi connectivity index (χ2n) is 8.07. The van der Waals surface area contributed by atoms with Crippen LogP contribution < -0.4 is 20.4 Å². The van der Waals surface area contributed by atoms with E-state index in [4.69, 9.17) is 0 Å². The summed E-state index contributed by atoms with van der Waals surface area (Å²) in [5.41, 5.74) is 2.43. The number of benzene rings is 2. The number of carbonyl (C=O) groups excluding carboxylic acids is 3. The highest BCUT2D eigenvalue weighted by molar-refractivity contribution is 5.98. The van der Waals surface area contributed by atoms with E-state index in [1.165, 1.54) is 0 Å². The van der Waals surface area contributed by atoms with Crippen LogP contribution in [0.5, 0.6) is 0 Å². The Morgan fingerprint density at radius 2 is 1.71 bits per heavy atom. The molecular formula is C24H28N4O3. The molecule has 0 aliphatic carbocycles. The molecular weight excluding hydrogens is 392 g/mol. The highest BCUT2D eigenvalue weighted by atomic mass is 16.2. The minimum Gasteiger partial charge on any atom is -0.369 e. The lowest BCUT2D eigenvalue weighted by Gasteiger charge is -2.34. The lowest BCUT2D eigenvalue weighted by molar-refractivity contribution is -0.121. The van der Waals surface area contributed by atoms with Crippen LogP contribution in [0.15, 0.2) is 54.6 Å². The zero-order valence-corrected chi connectivity index (χ0v) is 17.5. The topological polar surface area (TPSA) is 81.8 Å². The molecule has 0 bridgehead atoms. The smallest absolute Gasteiger partial charge is 0.251 e. The molecule has 2 heterocycles. The van der Waals surface area contributed by atoms with E-state index in [-0.39, 0.29) is 30.3 Å². The third-order valence-electron chi connectivity index (χ3n) is 5.83. The molecule has 2 saturated heterocycles. The Morgan fingerprint density at radius 1 is 0.935 bits per heavy atom. The molecule has 1 atom stereocenters. The Labute approximate surface area is 182 Å². The summed E-state index contributed by atoms with van der Waals surface area (Å²) < 4.78 is 0. The van der Waals surface area contributed by atoms with Crippen molar-refractivity contribution in [1.29, 1.82) is 0 Å². The monoisotopic (exact) mass is 420 g/mol. The Hall–Kier alpha value is -3.35. The van der Waals surface area contributed by atoms with Crippen LogP contribution in [0.3, 0.4) is 0 Å². The predicted molar refractivity (Wildman–Crippen MR) is 120 cm³/mol. The molecule has 0 aromatic heterocycles. The maximum atomic E-state index is 12.4. The lowest BCUT2D eigenvalue weighted by atomic mass is 10.0. The standard InChI is InChI=1S/C24H28N4O3/c29-22(26-19-6-4-14-27(17-19)20-7-2-1-3-8-20)16-25-24(31)18-10-12-21(13-11-18)28-15-5-9-23(28)30/h1-3,7-8,10-13,19H,4-6,9,14-17H2,(H,25,31)(H,26,29). The molecule has 2 aliphatic rings. The molecule has 31 heavy (non-hydrogen) atoms. The number of anilines is 2. The van der Waals surface area contributed by atoms with Crippen LogP contribution in [-0.4, -0.2) is 49.9 Å². The quantitative estimate of drug-likeness (QED) is 0.752. The van der Waals surface area contributed by atoms with E-state index < -0.39 is 0 Å². The highest BCUT2D eigenvalue weighted by Crippen LogP contribution is 2.22. The van der Waals surface area contributed by atoms with Crippen LogP contribution in [0.2, 0.25) is 0 Å². The molecule has 7 heteroatoms. The average molecular weight is 421 g/mol. The number of piperidine rings is 1. The van der Waals surface area contributed by atoms with E-state index in [0.717, 1.165) is 43.7 Å². The van der Waals surface area contributed by atoms with Gasteiger partial charge < -0.3 is 20.4 Å². The molecule has 2 aromatic carbocycles. The molecule has 0 radical (unpaired) electrons. The molecule has 2 aliphatic heterocycles. The van der Waals surface area contributed by atoms with Crippen molar-refractivity contribution in [3.8, 4) is 0 Å². The molecule has 2 aromatic rings. The van der Waals surface area contributed by atoms with Gasteiger partial charge in [0.1, 0.15) is 0 Å². The summed E-state index contributed by atoms with van der Waals surface area (Å²) in [6.45, 7) is 2.40. The number of nitrogens with one attached hydrogen (secondary N) is 2. The summed E-state index contributed by atoms with van der Waals surface area (Å²) in [7, 11) is 0. The summed E-state index contributed by atoms with van der Waals surface area (Å²) in [6, 6.07) is 17.2. The van der Waals surface area contributed by atoms with Gasteiger partial charge in [-0.3, -0.25) is 14.4 Å². The van der Waals surface area contributed by atoms with Gasteiger partial charge in [0.25, 0.3) is 5.91 Å². The number of para-hydroxylation sites is 1. The van der Waals surface area contributed by atoms with Gasteiger partial charge in [0.2, 0.25) is 11.8 Å². The normalized spacial score (nSPS) is 18.7. The number of hydrogen-bond acceptors (Lipinski definition) is 4. The van der Waals surface area contributed by atoms with E-state index >= 15 is 0 Å². The summed E-state index contributed by atoms with van der Waals surface area (Å²) in [6.07, 6.45) is 3.37. The van der Waals surface area contributed by atoms with Crippen LogP contribution in [-0.2, 0) is 9.59 Å². The van der Waals surface area contributed by atoms with E-state index in [2.05, 4.69) is 27.7 Å². The van der Waals surface area contributed by atoms with Crippen LogP contribution >= 0.6 is 0 Å². The number of hydrogen-bond donors (Lipinski definition) is 2. The molecule has 2 N–H and O–H groups in total. The number of carbonyl (C=O) groups is 3. The van der Waals surface area contributed by atoms with Gasteiger partial charge >= 0.3 is 0 Å². The van der Waals surface area contributed by atoms with Crippen LogP contribution in [0, 0.1) is 0 Å². The largest absolute Gasteiger partial charge is 0.369 e.